The fourth-order valence-electron chi connectivity index (χ4n) is 4.32. The Hall–Kier alpha value is -3.04. The third-order valence-corrected chi connectivity index (χ3v) is 7.60. The van der Waals surface area contributed by atoms with Gasteiger partial charge in [-0.1, -0.05) is 32.0 Å². The van der Waals surface area contributed by atoms with Crippen LogP contribution < -0.4 is 10.9 Å². The molecule has 1 fully saturated rings. The van der Waals surface area contributed by atoms with Crippen molar-refractivity contribution in [2.24, 2.45) is 18.9 Å². The minimum Gasteiger partial charge on any atom is -0.321 e. The average Bonchev–Trinajstić information content (AvgIpc) is 2.76. The van der Waals surface area contributed by atoms with Gasteiger partial charge in [-0.25, -0.2) is 13.1 Å². The van der Waals surface area contributed by atoms with Crippen LogP contribution in [0.4, 0.5) is 5.69 Å². The zero-order valence-electron chi connectivity index (χ0n) is 18.3. The van der Waals surface area contributed by atoms with E-state index < -0.39 is 15.9 Å². The van der Waals surface area contributed by atoms with Crippen LogP contribution in [-0.4, -0.2) is 41.5 Å². The normalized spacial score (nSPS) is 19.7. The van der Waals surface area contributed by atoms with Crippen LogP contribution in [0.1, 0.15) is 30.8 Å². The van der Waals surface area contributed by atoms with Gasteiger partial charge in [0.25, 0.3) is 11.5 Å². The van der Waals surface area contributed by atoms with Crippen molar-refractivity contribution in [1.29, 1.82) is 0 Å². The zero-order chi connectivity index (χ0) is 23.0. The van der Waals surface area contributed by atoms with Crippen molar-refractivity contribution in [1.82, 2.24) is 14.1 Å². The van der Waals surface area contributed by atoms with Gasteiger partial charge in [-0.3, -0.25) is 9.59 Å². The number of hydrogen-bond acceptors (Lipinski definition) is 5. The predicted molar refractivity (Wildman–Crippen MR) is 123 cm³/mol. The smallest absolute Gasteiger partial charge is 0.276 e. The maximum absolute atomic E-state index is 13.0. The van der Waals surface area contributed by atoms with Crippen molar-refractivity contribution in [2.45, 2.75) is 25.2 Å². The minimum absolute atomic E-state index is 0.121. The number of aryl methyl sites for hydroxylation is 1. The molecule has 0 unspecified atom stereocenters. The molecule has 9 heteroatoms. The summed E-state index contributed by atoms with van der Waals surface area (Å²) in [6.07, 6.45) is 1.02. The Balaban J connectivity index is 1.57. The SMILES string of the molecule is C[C@@H]1C[C@H](C)CN(S(=O)(=O)c2ccc(NC(=O)c3nn(C)c(=O)c4ccccc34)cc2)C1. The lowest BCUT2D eigenvalue weighted by molar-refractivity contribution is 0.102. The molecule has 168 valence electrons. The van der Waals surface area contributed by atoms with Crippen molar-refractivity contribution < 1.29 is 13.2 Å². The average molecular weight is 455 g/mol. The number of nitrogens with zero attached hydrogens (tertiary/aromatic N) is 3. The third-order valence-electron chi connectivity index (χ3n) is 5.76. The van der Waals surface area contributed by atoms with Gasteiger partial charge in [0.1, 0.15) is 0 Å². The van der Waals surface area contributed by atoms with Gasteiger partial charge in [-0.05, 0) is 48.6 Å². The number of carbonyl (C=O) groups is 1. The van der Waals surface area contributed by atoms with Gasteiger partial charge in [0.05, 0.1) is 10.3 Å². The van der Waals surface area contributed by atoms with E-state index in [1.807, 2.05) is 0 Å². The summed E-state index contributed by atoms with van der Waals surface area (Å²) >= 11 is 0. The summed E-state index contributed by atoms with van der Waals surface area (Å²) in [6, 6.07) is 12.9. The van der Waals surface area contributed by atoms with Crippen molar-refractivity contribution in [3.63, 3.8) is 0 Å². The third kappa shape index (κ3) is 4.18. The molecule has 1 amide bonds. The number of benzene rings is 2. The number of piperidine rings is 1. The Morgan fingerprint density at radius 1 is 1.00 bits per heavy atom. The van der Waals surface area contributed by atoms with E-state index in [1.165, 1.54) is 19.2 Å². The van der Waals surface area contributed by atoms with E-state index in [1.54, 1.807) is 40.7 Å². The van der Waals surface area contributed by atoms with Crippen LogP contribution in [0.2, 0.25) is 0 Å². The summed E-state index contributed by atoms with van der Waals surface area (Å²) in [4.78, 5) is 25.3. The molecule has 0 saturated carbocycles. The highest BCUT2D eigenvalue weighted by atomic mass is 32.2. The summed E-state index contributed by atoms with van der Waals surface area (Å²) in [7, 11) is -2.10. The van der Waals surface area contributed by atoms with E-state index in [9.17, 15) is 18.0 Å². The topological polar surface area (TPSA) is 101 Å². The number of amides is 1. The molecule has 0 aliphatic carbocycles. The fourth-order valence-corrected chi connectivity index (χ4v) is 6.00. The number of sulfonamides is 1. The van der Waals surface area contributed by atoms with E-state index >= 15 is 0 Å². The number of carbonyl (C=O) groups excluding carboxylic acids is 1. The second kappa shape index (κ2) is 8.48. The molecule has 1 aromatic heterocycles. The van der Waals surface area contributed by atoms with Crippen LogP contribution in [0, 0.1) is 11.8 Å². The molecule has 1 aliphatic rings. The summed E-state index contributed by atoms with van der Waals surface area (Å²) in [5.74, 6) is 0.151. The van der Waals surface area contributed by atoms with E-state index in [0.29, 0.717) is 41.4 Å². The fraction of sp³-hybridized carbons (Fsp3) is 0.348. The molecule has 2 heterocycles. The minimum atomic E-state index is -3.59. The highest BCUT2D eigenvalue weighted by Crippen LogP contribution is 2.27. The lowest BCUT2D eigenvalue weighted by atomic mass is 9.94. The molecule has 32 heavy (non-hydrogen) atoms. The van der Waals surface area contributed by atoms with Gasteiger partial charge >= 0.3 is 0 Å². The Labute approximate surface area is 186 Å². The largest absolute Gasteiger partial charge is 0.321 e. The quantitative estimate of drug-likeness (QED) is 0.653. The van der Waals surface area contributed by atoms with Crippen molar-refractivity contribution in [3.05, 3.63) is 64.6 Å². The van der Waals surface area contributed by atoms with Gasteiger partial charge in [0.15, 0.2) is 5.69 Å². The number of aromatic nitrogens is 2. The standard InChI is InChI=1S/C23H26N4O4S/c1-15-12-16(2)14-27(13-15)32(30,31)18-10-8-17(9-11-18)24-22(28)21-19-6-4-5-7-20(19)23(29)26(3)25-21/h4-11,15-16H,12-14H2,1-3H3,(H,24,28)/t15-,16+. The summed E-state index contributed by atoms with van der Waals surface area (Å²) in [5, 5.41) is 7.73. The lowest BCUT2D eigenvalue weighted by Crippen LogP contribution is -2.42. The monoisotopic (exact) mass is 454 g/mol. The van der Waals surface area contributed by atoms with Gasteiger partial charge in [0, 0.05) is 31.2 Å². The maximum atomic E-state index is 13.0. The van der Waals surface area contributed by atoms with E-state index in [-0.39, 0.29) is 16.1 Å². The first-order valence-corrected chi connectivity index (χ1v) is 12.0. The molecule has 1 saturated heterocycles. The molecule has 8 nitrogen and oxygen atoms in total. The Bertz CT molecular complexity index is 1320. The van der Waals surface area contributed by atoms with Crippen LogP contribution in [0.3, 0.4) is 0 Å². The van der Waals surface area contributed by atoms with Crippen LogP contribution in [0.15, 0.2) is 58.2 Å². The number of hydrogen-bond donors (Lipinski definition) is 1. The van der Waals surface area contributed by atoms with Crippen molar-refractivity contribution >= 4 is 32.4 Å². The predicted octanol–water partition coefficient (Wildman–Crippen LogP) is 2.85. The first-order chi connectivity index (χ1) is 15.2. The van der Waals surface area contributed by atoms with Gasteiger partial charge < -0.3 is 5.32 Å². The molecule has 3 aromatic rings. The van der Waals surface area contributed by atoms with Crippen LogP contribution in [0.5, 0.6) is 0 Å². The van der Waals surface area contributed by atoms with Gasteiger partial charge in [-0.15, -0.1) is 0 Å². The molecule has 0 bridgehead atoms. The molecule has 1 aliphatic heterocycles. The van der Waals surface area contributed by atoms with E-state index in [0.717, 1.165) is 11.1 Å². The molecule has 0 radical (unpaired) electrons. The Kier molecular flexibility index (Phi) is 5.87. The molecule has 1 N–H and O–H groups in total. The Morgan fingerprint density at radius 2 is 1.59 bits per heavy atom. The second-order valence-corrected chi connectivity index (χ2v) is 10.5. The number of fused-ring (bicyclic) bond motifs is 1. The van der Waals surface area contributed by atoms with Crippen molar-refractivity contribution in [3.8, 4) is 0 Å². The number of anilines is 1. The van der Waals surface area contributed by atoms with Crippen LogP contribution in [-0.2, 0) is 17.1 Å². The number of nitrogens with one attached hydrogen (secondary N) is 1. The second-order valence-electron chi connectivity index (χ2n) is 8.57. The first-order valence-electron chi connectivity index (χ1n) is 10.5. The Morgan fingerprint density at radius 3 is 2.22 bits per heavy atom. The van der Waals surface area contributed by atoms with Gasteiger partial charge in [-0.2, -0.15) is 9.40 Å². The lowest BCUT2D eigenvalue weighted by Gasteiger charge is -2.34. The maximum Gasteiger partial charge on any atom is 0.276 e. The molecular formula is C23H26N4O4S. The highest BCUT2D eigenvalue weighted by Gasteiger charge is 2.31. The number of rotatable bonds is 4. The van der Waals surface area contributed by atoms with E-state index in [4.69, 9.17) is 0 Å². The molecular weight excluding hydrogens is 428 g/mol. The molecule has 2 aromatic carbocycles. The van der Waals surface area contributed by atoms with Crippen LogP contribution >= 0.6 is 0 Å². The molecule has 4 rings (SSSR count). The van der Waals surface area contributed by atoms with Crippen molar-refractivity contribution in [2.75, 3.05) is 18.4 Å². The summed E-state index contributed by atoms with van der Waals surface area (Å²) in [5.41, 5.74) is 0.276. The zero-order valence-corrected chi connectivity index (χ0v) is 19.1. The van der Waals surface area contributed by atoms with E-state index in [2.05, 4.69) is 24.3 Å². The molecule has 2 atom stereocenters. The van der Waals surface area contributed by atoms with Crippen LogP contribution in [0.25, 0.3) is 10.8 Å². The summed E-state index contributed by atoms with van der Waals surface area (Å²) in [6.45, 7) is 5.15. The van der Waals surface area contributed by atoms with Gasteiger partial charge in [0.2, 0.25) is 10.0 Å². The first kappa shape index (κ1) is 22.2. The molecule has 0 spiro atoms. The highest BCUT2D eigenvalue weighted by molar-refractivity contribution is 7.89. The summed E-state index contributed by atoms with van der Waals surface area (Å²) < 4.78 is 28.8.